The summed E-state index contributed by atoms with van der Waals surface area (Å²) in [6.07, 6.45) is 5.15. The van der Waals surface area contributed by atoms with Crippen LogP contribution in [0, 0.1) is 23.7 Å². The Morgan fingerprint density at radius 1 is 1.46 bits per heavy atom. The highest BCUT2D eigenvalue weighted by molar-refractivity contribution is 5.90. The van der Waals surface area contributed by atoms with Gasteiger partial charge in [0.25, 0.3) is 0 Å². The third-order valence-corrected chi connectivity index (χ3v) is 4.96. The van der Waals surface area contributed by atoms with Crippen molar-refractivity contribution in [1.82, 2.24) is 4.98 Å². The lowest BCUT2D eigenvalue weighted by Crippen LogP contribution is -2.31. The van der Waals surface area contributed by atoms with E-state index in [-0.39, 0.29) is 24.3 Å². The quantitative estimate of drug-likeness (QED) is 0.784. The van der Waals surface area contributed by atoms with Gasteiger partial charge in [-0.2, -0.15) is 0 Å². The van der Waals surface area contributed by atoms with Crippen LogP contribution >= 0.6 is 0 Å². The Hall–Kier alpha value is -1.88. The lowest BCUT2D eigenvalue weighted by Gasteiger charge is -2.36. The maximum atomic E-state index is 12.4. The second kappa shape index (κ2) is 8.29. The van der Waals surface area contributed by atoms with Crippen LogP contribution in [0.3, 0.4) is 0 Å². The molecule has 1 aromatic rings. The van der Waals surface area contributed by atoms with Crippen molar-refractivity contribution in [3.8, 4) is 5.88 Å². The van der Waals surface area contributed by atoms with E-state index in [2.05, 4.69) is 37.1 Å². The molecule has 5 nitrogen and oxygen atoms in total. The first-order chi connectivity index (χ1) is 11.4. The minimum Gasteiger partial charge on any atom is -0.481 e. The molecular weight excluding hydrogens is 304 g/mol. The Morgan fingerprint density at radius 3 is 2.75 bits per heavy atom. The van der Waals surface area contributed by atoms with Crippen LogP contribution in [0.1, 0.15) is 33.6 Å². The molecule has 3 atom stereocenters. The SMILES string of the molecule is COc1ccc(NC(=O)CC2CC(C(C)C)C(CO)C=C2C)cn1. The summed E-state index contributed by atoms with van der Waals surface area (Å²) >= 11 is 0. The number of nitrogens with zero attached hydrogens (tertiary/aromatic N) is 1. The second-order valence-corrected chi connectivity index (χ2v) is 6.94. The molecule has 1 heterocycles. The molecule has 132 valence electrons. The third-order valence-electron chi connectivity index (χ3n) is 4.96. The topological polar surface area (TPSA) is 71.5 Å². The predicted octanol–water partition coefficient (Wildman–Crippen LogP) is 3.27. The summed E-state index contributed by atoms with van der Waals surface area (Å²) in [5.41, 5.74) is 1.88. The summed E-state index contributed by atoms with van der Waals surface area (Å²) in [5, 5.41) is 12.5. The summed E-state index contributed by atoms with van der Waals surface area (Å²) in [5.74, 6) is 1.85. The first kappa shape index (κ1) is 18.5. The molecule has 2 rings (SSSR count). The lowest BCUT2D eigenvalue weighted by molar-refractivity contribution is -0.117. The van der Waals surface area contributed by atoms with Crippen LogP contribution in [0.25, 0.3) is 0 Å². The van der Waals surface area contributed by atoms with Gasteiger partial charge < -0.3 is 15.2 Å². The van der Waals surface area contributed by atoms with Crippen molar-refractivity contribution in [2.45, 2.75) is 33.6 Å². The van der Waals surface area contributed by atoms with Gasteiger partial charge in [-0.3, -0.25) is 4.79 Å². The monoisotopic (exact) mass is 332 g/mol. The number of nitrogens with one attached hydrogen (secondary N) is 1. The van der Waals surface area contributed by atoms with Gasteiger partial charge in [-0.05, 0) is 37.2 Å². The normalized spacial score (nSPS) is 23.8. The van der Waals surface area contributed by atoms with Crippen LogP contribution in [0.4, 0.5) is 5.69 Å². The first-order valence-electron chi connectivity index (χ1n) is 8.53. The number of methoxy groups -OCH3 is 1. The highest BCUT2D eigenvalue weighted by Crippen LogP contribution is 2.38. The molecule has 2 N–H and O–H groups in total. The zero-order valence-electron chi connectivity index (χ0n) is 15.0. The van der Waals surface area contributed by atoms with E-state index in [1.807, 2.05) is 0 Å². The number of aromatic nitrogens is 1. The van der Waals surface area contributed by atoms with Gasteiger partial charge in [-0.25, -0.2) is 4.98 Å². The molecule has 1 amide bonds. The summed E-state index contributed by atoms with van der Waals surface area (Å²) < 4.78 is 5.01. The van der Waals surface area contributed by atoms with E-state index in [4.69, 9.17) is 4.74 Å². The van der Waals surface area contributed by atoms with Crippen molar-refractivity contribution in [3.05, 3.63) is 30.0 Å². The first-order valence-corrected chi connectivity index (χ1v) is 8.53. The van der Waals surface area contributed by atoms with Crippen LogP contribution in [0.5, 0.6) is 5.88 Å². The van der Waals surface area contributed by atoms with Crippen molar-refractivity contribution >= 4 is 11.6 Å². The number of hydrogen-bond acceptors (Lipinski definition) is 4. The molecule has 0 aliphatic heterocycles. The van der Waals surface area contributed by atoms with Crippen LogP contribution in [0.15, 0.2) is 30.0 Å². The van der Waals surface area contributed by atoms with E-state index in [1.54, 1.807) is 25.4 Å². The highest BCUT2D eigenvalue weighted by atomic mass is 16.5. The van der Waals surface area contributed by atoms with E-state index >= 15 is 0 Å². The van der Waals surface area contributed by atoms with E-state index in [9.17, 15) is 9.90 Å². The fourth-order valence-electron chi connectivity index (χ4n) is 3.50. The second-order valence-electron chi connectivity index (χ2n) is 6.94. The fraction of sp³-hybridized carbons (Fsp3) is 0.579. The molecule has 5 heteroatoms. The molecular formula is C19H28N2O3. The number of rotatable bonds is 6. The van der Waals surface area contributed by atoms with Gasteiger partial charge in [0, 0.05) is 25.0 Å². The summed E-state index contributed by atoms with van der Waals surface area (Å²) in [6, 6.07) is 3.51. The molecule has 0 spiro atoms. The van der Waals surface area contributed by atoms with Crippen LogP contribution in [-0.2, 0) is 4.79 Å². The van der Waals surface area contributed by atoms with Crippen LogP contribution < -0.4 is 10.1 Å². The predicted molar refractivity (Wildman–Crippen MR) is 94.8 cm³/mol. The molecule has 0 radical (unpaired) electrons. The average Bonchev–Trinajstić information content (AvgIpc) is 2.56. The largest absolute Gasteiger partial charge is 0.481 e. The van der Waals surface area contributed by atoms with Gasteiger partial charge in [0.1, 0.15) is 0 Å². The molecule has 1 aliphatic carbocycles. The molecule has 1 aliphatic rings. The minimum atomic E-state index is -0.00956. The minimum absolute atomic E-state index is 0.00956. The van der Waals surface area contributed by atoms with Gasteiger partial charge in [0.15, 0.2) is 0 Å². The van der Waals surface area contributed by atoms with E-state index in [1.165, 1.54) is 5.57 Å². The number of amides is 1. The molecule has 1 aromatic heterocycles. The zero-order valence-corrected chi connectivity index (χ0v) is 15.0. The molecule has 0 saturated carbocycles. The Kier molecular flexibility index (Phi) is 6.37. The van der Waals surface area contributed by atoms with Gasteiger partial charge in [-0.1, -0.05) is 25.5 Å². The van der Waals surface area contributed by atoms with Crippen LogP contribution in [0.2, 0.25) is 0 Å². The summed E-state index contributed by atoms with van der Waals surface area (Å²) in [7, 11) is 1.56. The third kappa shape index (κ3) is 4.57. The van der Waals surface area contributed by atoms with E-state index in [0.29, 0.717) is 29.8 Å². The Bertz CT molecular complexity index is 581. The number of carbonyl (C=O) groups excluding carboxylic acids is 1. The Labute approximate surface area is 144 Å². The molecule has 24 heavy (non-hydrogen) atoms. The van der Waals surface area contributed by atoms with Crippen molar-refractivity contribution in [3.63, 3.8) is 0 Å². The van der Waals surface area contributed by atoms with E-state index < -0.39 is 0 Å². The maximum Gasteiger partial charge on any atom is 0.225 e. The summed E-state index contributed by atoms with van der Waals surface area (Å²) in [6.45, 7) is 6.60. The number of hydrogen-bond donors (Lipinski definition) is 2. The maximum absolute atomic E-state index is 12.4. The molecule has 3 unspecified atom stereocenters. The molecule has 0 fully saturated rings. The van der Waals surface area contributed by atoms with Crippen molar-refractivity contribution in [2.24, 2.45) is 23.7 Å². The molecule has 0 aromatic carbocycles. The number of aliphatic hydroxyl groups excluding tert-OH is 1. The smallest absolute Gasteiger partial charge is 0.225 e. The van der Waals surface area contributed by atoms with Gasteiger partial charge in [0.2, 0.25) is 11.8 Å². The fourth-order valence-corrected chi connectivity index (χ4v) is 3.50. The van der Waals surface area contributed by atoms with E-state index in [0.717, 1.165) is 6.42 Å². The van der Waals surface area contributed by atoms with Gasteiger partial charge in [-0.15, -0.1) is 0 Å². The molecule has 0 bridgehead atoms. The highest BCUT2D eigenvalue weighted by Gasteiger charge is 2.32. The zero-order chi connectivity index (χ0) is 17.7. The Morgan fingerprint density at radius 2 is 2.21 bits per heavy atom. The summed E-state index contributed by atoms with van der Waals surface area (Å²) in [4.78, 5) is 16.5. The Balaban J connectivity index is 1.99. The number of pyridine rings is 1. The van der Waals surface area contributed by atoms with Crippen molar-refractivity contribution < 1.29 is 14.6 Å². The van der Waals surface area contributed by atoms with Crippen molar-refractivity contribution in [1.29, 1.82) is 0 Å². The lowest BCUT2D eigenvalue weighted by atomic mass is 9.70. The standard InChI is InChI=1S/C19H28N2O3/c1-12(2)17-8-14(13(3)7-15(17)11-22)9-18(23)21-16-5-6-19(24-4)20-10-16/h5-7,10,12,14-15,17,22H,8-9,11H2,1-4H3,(H,21,23). The number of aliphatic hydroxyl groups is 1. The number of carbonyl (C=O) groups is 1. The number of anilines is 1. The van der Waals surface area contributed by atoms with Gasteiger partial charge in [0.05, 0.1) is 19.0 Å². The number of allylic oxidation sites excluding steroid dienone is 1. The number of ether oxygens (including phenoxy) is 1. The average molecular weight is 332 g/mol. The van der Waals surface area contributed by atoms with Crippen molar-refractivity contribution in [2.75, 3.05) is 19.0 Å². The molecule has 0 saturated heterocycles. The van der Waals surface area contributed by atoms with Gasteiger partial charge >= 0.3 is 0 Å². The van der Waals surface area contributed by atoms with Crippen LogP contribution in [-0.4, -0.2) is 29.7 Å².